The number of fused-ring (bicyclic) bond motifs is 1. The third kappa shape index (κ3) is 4.84. The number of hydrogen-bond donors (Lipinski definition) is 1. The molecule has 1 fully saturated rings. The van der Waals surface area contributed by atoms with Crippen molar-refractivity contribution in [2.75, 3.05) is 21.0 Å². The van der Waals surface area contributed by atoms with Gasteiger partial charge in [0, 0.05) is 12.6 Å². The standard InChI is InChI=1S/C31H30ClNO7/c1-31(2,3)19-9-7-18(8-10-19)27-26(28(34)20-13-24(38-5)21(32)14-23(20)37-4)29(35)30(36)33(27)15-17-6-11-22-25(12-17)40-16-39-22/h6-14,27,34H,15-16H2,1-5H3/b28-26+. The van der Waals surface area contributed by atoms with Gasteiger partial charge >= 0.3 is 0 Å². The summed E-state index contributed by atoms with van der Waals surface area (Å²) in [6.45, 7) is 6.54. The Morgan fingerprint density at radius 2 is 1.65 bits per heavy atom. The molecule has 0 saturated carbocycles. The molecular formula is C31H30ClNO7. The van der Waals surface area contributed by atoms with E-state index in [0.717, 1.165) is 11.1 Å². The molecule has 1 saturated heterocycles. The van der Waals surface area contributed by atoms with Crippen LogP contribution < -0.4 is 18.9 Å². The highest BCUT2D eigenvalue weighted by Crippen LogP contribution is 2.44. The van der Waals surface area contributed by atoms with Crippen molar-refractivity contribution in [1.82, 2.24) is 4.90 Å². The van der Waals surface area contributed by atoms with Crippen molar-refractivity contribution >= 4 is 29.1 Å². The maximum absolute atomic E-state index is 13.6. The average Bonchev–Trinajstić information content (AvgIpc) is 3.50. The van der Waals surface area contributed by atoms with Gasteiger partial charge in [-0.1, -0.05) is 62.7 Å². The molecule has 2 aliphatic heterocycles. The summed E-state index contributed by atoms with van der Waals surface area (Å²) in [6, 6.07) is 15.2. The van der Waals surface area contributed by atoms with E-state index < -0.39 is 17.7 Å². The largest absolute Gasteiger partial charge is 0.507 e. The lowest BCUT2D eigenvalue weighted by atomic mass is 9.85. The summed E-state index contributed by atoms with van der Waals surface area (Å²) < 4.78 is 21.7. The molecule has 3 aromatic rings. The SMILES string of the molecule is COc1cc(/C(O)=C2\C(=O)C(=O)N(Cc3ccc4c(c3)OCO4)C2c2ccc(C(C)(C)C)cc2)c(OC)cc1Cl. The van der Waals surface area contributed by atoms with Crippen LogP contribution in [0.3, 0.4) is 0 Å². The Morgan fingerprint density at radius 3 is 2.30 bits per heavy atom. The zero-order valence-electron chi connectivity index (χ0n) is 22.9. The van der Waals surface area contributed by atoms with Crippen LogP contribution in [0.15, 0.2) is 60.2 Å². The highest BCUT2D eigenvalue weighted by atomic mass is 35.5. The van der Waals surface area contributed by atoms with E-state index in [9.17, 15) is 14.7 Å². The van der Waals surface area contributed by atoms with Crippen molar-refractivity contribution in [3.05, 3.63) is 87.4 Å². The highest BCUT2D eigenvalue weighted by Gasteiger charge is 2.46. The van der Waals surface area contributed by atoms with Crippen LogP contribution in [0.2, 0.25) is 5.02 Å². The number of methoxy groups -OCH3 is 2. The van der Waals surface area contributed by atoms with Gasteiger partial charge in [-0.05, 0) is 40.3 Å². The Kier molecular flexibility index (Phi) is 7.14. The van der Waals surface area contributed by atoms with E-state index in [4.69, 9.17) is 30.5 Å². The molecule has 0 radical (unpaired) electrons. The molecule has 3 aromatic carbocycles. The predicted octanol–water partition coefficient (Wildman–Crippen LogP) is 6.01. The molecule has 0 aromatic heterocycles. The average molecular weight is 564 g/mol. The lowest BCUT2D eigenvalue weighted by Gasteiger charge is -2.27. The van der Waals surface area contributed by atoms with Crippen LogP contribution in [0.1, 0.15) is 49.1 Å². The van der Waals surface area contributed by atoms with E-state index in [1.165, 1.54) is 31.3 Å². The van der Waals surface area contributed by atoms with Crippen LogP contribution in [0.5, 0.6) is 23.0 Å². The van der Waals surface area contributed by atoms with Crippen LogP contribution in [-0.4, -0.2) is 42.7 Å². The number of hydrogen-bond acceptors (Lipinski definition) is 7. The van der Waals surface area contributed by atoms with Gasteiger partial charge in [-0.3, -0.25) is 9.59 Å². The molecule has 1 amide bonds. The topological polar surface area (TPSA) is 94.5 Å². The van der Waals surface area contributed by atoms with Crippen molar-refractivity contribution in [3.8, 4) is 23.0 Å². The maximum Gasteiger partial charge on any atom is 0.295 e. The van der Waals surface area contributed by atoms with Gasteiger partial charge in [0.1, 0.15) is 17.3 Å². The predicted molar refractivity (Wildman–Crippen MR) is 150 cm³/mol. The number of carbonyl (C=O) groups is 2. The molecule has 0 aliphatic carbocycles. The zero-order chi connectivity index (χ0) is 28.8. The first-order valence-corrected chi connectivity index (χ1v) is 13.1. The molecule has 0 spiro atoms. The Labute approximate surface area is 237 Å². The quantitative estimate of drug-likeness (QED) is 0.223. The van der Waals surface area contributed by atoms with E-state index in [1.807, 2.05) is 30.3 Å². The fourth-order valence-electron chi connectivity index (χ4n) is 4.98. The van der Waals surface area contributed by atoms with E-state index in [0.29, 0.717) is 17.1 Å². The smallest absolute Gasteiger partial charge is 0.295 e. The van der Waals surface area contributed by atoms with E-state index in [2.05, 4.69) is 20.8 Å². The number of nitrogens with zero attached hydrogens (tertiary/aromatic N) is 1. The molecule has 1 atom stereocenters. The monoisotopic (exact) mass is 563 g/mol. The van der Waals surface area contributed by atoms with Gasteiger partial charge in [0.15, 0.2) is 11.5 Å². The number of carbonyl (C=O) groups excluding carboxylic acids is 2. The van der Waals surface area contributed by atoms with E-state index >= 15 is 0 Å². The van der Waals surface area contributed by atoms with E-state index in [-0.39, 0.29) is 52.2 Å². The molecule has 8 nitrogen and oxygen atoms in total. The van der Waals surface area contributed by atoms with Gasteiger partial charge in [-0.15, -0.1) is 0 Å². The van der Waals surface area contributed by atoms with Crippen LogP contribution in [0.4, 0.5) is 0 Å². The van der Waals surface area contributed by atoms with Crippen LogP contribution in [0, 0.1) is 0 Å². The van der Waals surface area contributed by atoms with Gasteiger partial charge in [-0.25, -0.2) is 0 Å². The molecule has 2 heterocycles. The van der Waals surface area contributed by atoms with Crippen molar-refractivity contribution in [1.29, 1.82) is 0 Å². The Bertz CT molecular complexity index is 1520. The van der Waals surface area contributed by atoms with Crippen molar-refractivity contribution in [3.63, 3.8) is 0 Å². The Balaban J connectivity index is 1.66. The number of Topliss-reactive ketones (excluding diaryl/α,β-unsaturated/α-hetero) is 1. The minimum absolute atomic E-state index is 0.0584. The van der Waals surface area contributed by atoms with Gasteiger partial charge < -0.3 is 29.0 Å². The summed E-state index contributed by atoms with van der Waals surface area (Å²) in [5, 5.41) is 11.9. The third-order valence-corrected chi connectivity index (χ3v) is 7.45. The molecule has 5 rings (SSSR count). The number of ether oxygens (including phenoxy) is 4. The number of ketones is 1. The Hall–Kier alpha value is -4.17. The molecule has 40 heavy (non-hydrogen) atoms. The summed E-state index contributed by atoms with van der Waals surface area (Å²) in [5.74, 6) is -0.231. The normalized spacial score (nSPS) is 17.9. The summed E-state index contributed by atoms with van der Waals surface area (Å²) in [7, 11) is 2.87. The highest BCUT2D eigenvalue weighted by molar-refractivity contribution is 6.46. The first-order chi connectivity index (χ1) is 19.0. The second-order valence-electron chi connectivity index (χ2n) is 10.7. The number of aliphatic hydroxyl groups excluding tert-OH is 1. The fraction of sp³-hybridized carbons (Fsp3) is 0.290. The second-order valence-corrected chi connectivity index (χ2v) is 11.1. The third-order valence-electron chi connectivity index (χ3n) is 7.15. The van der Waals surface area contributed by atoms with Gasteiger partial charge in [-0.2, -0.15) is 0 Å². The summed E-state index contributed by atoms with van der Waals surface area (Å²) in [6.07, 6.45) is 0. The van der Waals surface area contributed by atoms with Gasteiger partial charge in [0.05, 0.1) is 36.4 Å². The molecule has 9 heteroatoms. The number of rotatable bonds is 6. The molecule has 2 aliphatic rings. The van der Waals surface area contributed by atoms with Crippen LogP contribution in [-0.2, 0) is 21.5 Å². The summed E-state index contributed by atoms with van der Waals surface area (Å²) >= 11 is 6.28. The van der Waals surface area contributed by atoms with Crippen molar-refractivity contribution in [2.24, 2.45) is 0 Å². The van der Waals surface area contributed by atoms with Gasteiger partial charge in [0.2, 0.25) is 6.79 Å². The molecular weight excluding hydrogens is 534 g/mol. The van der Waals surface area contributed by atoms with Gasteiger partial charge in [0.25, 0.3) is 11.7 Å². The summed E-state index contributed by atoms with van der Waals surface area (Å²) in [5.41, 5.74) is 2.54. The lowest BCUT2D eigenvalue weighted by Crippen LogP contribution is -2.29. The number of likely N-dealkylation sites (tertiary alicyclic amines) is 1. The summed E-state index contributed by atoms with van der Waals surface area (Å²) in [4.78, 5) is 28.6. The van der Waals surface area contributed by atoms with Crippen molar-refractivity contribution in [2.45, 2.75) is 38.8 Å². The zero-order valence-corrected chi connectivity index (χ0v) is 23.7. The minimum atomic E-state index is -0.870. The number of amides is 1. The molecule has 0 bridgehead atoms. The molecule has 1 unspecified atom stereocenters. The van der Waals surface area contributed by atoms with Crippen molar-refractivity contribution < 1.29 is 33.6 Å². The number of aliphatic hydroxyl groups is 1. The number of benzene rings is 3. The molecule has 208 valence electrons. The minimum Gasteiger partial charge on any atom is -0.507 e. The molecule has 1 N–H and O–H groups in total. The van der Waals surface area contributed by atoms with Crippen LogP contribution in [0.25, 0.3) is 5.76 Å². The van der Waals surface area contributed by atoms with Crippen LogP contribution >= 0.6 is 11.6 Å². The lowest BCUT2D eigenvalue weighted by molar-refractivity contribution is -0.140. The first-order valence-electron chi connectivity index (χ1n) is 12.7. The fourth-order valence-corrected chi connectivity index (χ4v) is 5.21. The number of halogens is 1. The Morgan fingerprint density at radius 1 is 0.975 bits per heavy atom. The van der Waals surface area contributed by atoms with E-state index in [1.54, 1.807) is 12.1 Å². The second kappa shape index (κ2) is 10.4. The maximum atomic E-state index is 13.6. The first kappa shape index (κ1) is 27.4.